The van der Waals surface area contributed by atoms with Crippen molar-refractivity contribution < 1.29 is 36.6 Å². The van der Waals surface area contributed by atoms with Crippen LogP contribution in [-0.4, -0.2) is 58.7 Å². The molecule has 1 saturated heterocycles. The summed E-state index contributed by atoms with van der Waals surface area (Å²) in [6, 6.07) is 4.02. The summed E-state index contributed by atoms with van der Waals surface area (Å²) < 4.78 is 65.0. The van der Waals surface area contributed by atoms with Crippen molar-refractivity contribution in [3.05, 3.63) is 40.9 Å². The van der Waals surface area contributed by atoms with Gasteiger partial charge >= 0.3 is 6.36 Å². The van der Waals surface area contributed by atoms with Crippen LogP contribution in [0.25, 0.3) is 5.69 Å². The fraction of sp³-hybridized carbons (Fsp3) is 0.550. The largest absolute Gasteiger partial charge is 0.522 e. The molecule has 180 valence electrons. The topological polar surface area (TPSA) is 87.5 Å². The van der Waals surface area contributed by atoms with E-state index in [-0.39, 0.29) is 49.1 Å². The Labute approximate surface area is 191 Å². The fourth-order valence-corrected chi connectivity index (χ4v) is 3.77. The van der Waals surface area contributed by atoms with Gasteiger partial charge in [-0.3, -0.25) is 9.53 Å². The van der Waals surface area contributed by atoms with Gasteiger partial charge in [0.05, 0.1) is 41.8 Å². The average molecular weight is 493 g/mol. The van der Waals surface area contributed by atoms with Crippen molar-refractivity contribution in [2.75, 3.05) is 13.2 Å². The Morgan fingerprint density at radius 3 is 2.73 bits per heavy atom. The number of carbonyl (C=O) groups is 1. The van der Waals surface area contributed by atoms with Crippen molar-refractivity contribution in [1.82, 2.24) is 20.3 Å². The van der Waals surface area contributed by atoms with Crippen LogP contribution in [0.4, 0.5) is 17.6 Å². The lowest BCUT2D eigenvalue weighted by molar-refractivity contribution is -0.357. The van der Waals surface area contributed by atoms with E-state index < -0.39 is 24.4 Å². The molecular weight excluding hydrogens is 472 g/mol. The van der Waals surface area contributed by atoms with Gasteiger partial charge in [-0.2, -0.15) is 15.0 Å². The first-order valence-corrected chi connectivity index (χ1v) is 10.7. The van der Waals surface area contributed by atoms with Gasteiger partial charge in [0.25, 0.3) is 0 Å². The number of halogens is 5. The van der Waals surface area contributed by atoms with Gasteiger partial charge in [0.15, 0.2) is 0 Å². The number of rotatable bonds is 7. The van der Waals surface area contributed by atoms with Crippen LogP contribution < -0.4 is 5.32 Å². The lowest BCUT2D eigenvalue weighted by atomic mass is 9.92. The van der Waals surface area contributed by atoms with E-state index in [9.17, 15) is 22.4 Å². The molecule has 1 amide bonds. The molecule has 2 heterocycles. The van der Waals surface area contributed by atoms with Crippen molar-refractivity contribution in [3.8, 4) is 5.69 Å². The summed E-state index contributed by atoms with van der Waals surface area (Å²) in [5, 5.41) is 11.3. The Bertz CT molecular complexity index is 975. The lowest BCUT2D eigenvalue weighted by Gasteiger charge is -2.35. The third kappa shape index (κ3) is 6.40. The monoisotopic (exact) mass is 492 g/mol. The molecule has 1 aliphatic heterocycles. The number of carbonyl (C=O) groups excluding carboxylic acids is 1. The highest BCUT2D eigenvalue weighted by Gasteiger charge is 2.40. The first-order chi connectivity index (χ1) is 15.7. The molecule has 2 atom stereocenters. The number of ether oxygens (including phenoxy) is 3. The number of aromatic nitrogens is 3. The average Bonchev–Trinajstić information content (AvgIpc) is 3.21. The Morgan fingerprint density at radius 2 is 2.06 bits per heavy atom. The summed E-state index contributed by atoms with van der Waals surface area (Å²) in [5.41, 5.74) is 1.01. The maximum atomic E-state index is 13.7. The van der Waals surface area contributed by atoms with Gasteiger partial charge in [-0.1, -0.05) is 11.6 Å². The van der Waals surface area contributed by atoms with Crippen molar-refractivity contribution in [2.45, 2.75) is 56.4 Å². The van der Waals surface area contributed by atoms with Crippen LogP contribution in [0.2, 0.25) is 5.02 Å². The predicted molar refractivity (Wildman–Crippen MR) is 106 cm³/mol. The minimum atomic E-state index is -4.66. The molecule has 0 unspecified atom stereocenters. The molecule has 1 aromatic heterocycles. The van der Waals surface area contributed by atoms with Gasteiger partial charge in [0, 0.05) is 18.9 Å². The van der Waals surface area contributed by atoms with Gasteiger partial charge in [-0.05, 0) is 25.0 Å². The molecule has 2 aromatic rings. The van der Waals surface area contributed by atoms with Gasteiger partial charge in [0.1, 0.15) is 24.2 Å². The number of nitrogens with one attached hydrogen (secondary N) is 1. The van der Waals surface area contributed by atoms with Crippen LogP contribution in [0, 0.1) is 5.82 Å². The molecule has 13 heteroatoms. The second kappa shape index (κ2) is 9.92. The first-order valence-electron chi connectivity index (χ1n) is 10.3. The Balaban J connectivity index is 1.17. The summed E-state index contributed by atoms with van der Waals surface area (Å²) in [6.07, 6.45) is -3.37. The number of hydrogen-bond donors (Lipinski definition) is 1. The SMILES string of the molecule is O=C(COC1CC(OC(F)(F)F)C1)N[C@@H]1CC[C@@H](c2cnn(-c3ccc(Cl)c(F)c3)n2)OC1. The molecule has 1 aromatic carbocycles. The highest BCUT2D eigenvalue weighted by molar-refractivity contribution is 6.30. The minimum Gasteiger partial charge on any atom is -0.370 e. The van der Waals surface area contributed by atoms with Gasteiger partial charge in [-0.15, -0.1) is 13.2 Å². The molecule has 4 rings (SSSR count). The van der Waals surface area contributed by atoms with Crippen LogP contribution in [0.5, 0.6) is 0 Å². The maximum Gasteiger partial charge on any atom is 0.522 e. The number of hydrogen-bond acceptors (Lipinski definition) is 6. The highest BCUT2D eigenvalue weighted by Crippen LogP contribution is 2.32. The van der Waals surface area contributed by atoms with E-state index in [4.69, 9.17) is 21.1 Å². The first kappa shape index (κ1) is 23.9. The van der Waals surface area contributed by atoms with E-state index in [1.165, 1.54) is 23.1 Å². The fourth-order valence-electron chi connectivity index (χ4n) is 3.66. The molecule has 0 spiro atoms. The molecule has 1 N–H and O–H groups in total. The van der Waals surface area contributed by atoms with E-state index in [0.29, 0.717) is 24.2 Å². The quantitative estimate of drug-likeness (QED) is 0.595. The van der Waals surface area contributed by atoms with Crippen LogP contribution in [-0.2, 0) is 19.0 Å². The molecule has 0 radical (unpaired) electrons. The maximum absolute atomic E-state index is 13.7. The zero-order valence-corrected chi connectivity index (χ0v) is 18.0. The zero-order chi connectivity index (χ0) is 23.6. The lowest BCUT2D eigenvalue weighted by Crippen LogP contribution is -2.45. The molecular formula is C20H21ClF4N4O4. The highest BCUT2D eigenvalue weighted by atomic mass is 35.5. The second-order valence-electron chi connectivity index (χ2n) is 7.91. The summed E-state index contributed by atoms with van der Waals surface area (Å²) in [5.74, 6) is -0.936. The van der Waals surface area contributed by atoms with Crippen molar-refractivity contribution in [1.29, 1.82) is 0 Å². The van der Waals surface area contributed by atoms with Crippen molar-refractivity contribution >= 4 is 17.5 Å². The standard InChI is InChI=1S/C20H21ClF4N4O4/c21-15-3-2-12(5-16(15)22)29-26-8-17(28-29)18-4-1-11(9-32-18)27-19(30)10-31-13-6-14(7-13)33-20(23,24)25/h2-3,5,8,11,13-14,18H,1,4,6-7,9-10H2,(H,27,30)/t11-,13?,14?,18+/m1/s1. The normalized spacial score (nSPS) is 25.5. The van der Waals surface area contributed by atoms with Crippen molar-refractivity contribution in [3.63, 3.8) is 0 Å². The van der Waals surface area contributed by atoms with Crippen LogP contribution in [0.15, 0.2) is 24.4 Å². The van der Waals surface area contributed by atoms with Crippen LogP contribution in [0.3, 0.4) is 0 Å². The number of alkyl halides is 3. The third-order valence-corrected chi connectivity index (χ3v) is 5.72. The number of benzene rings is 1. The van der Waals surface area contributed by atoms with Gasteiger partial charge < -0.3 is 14.8 Å². The van der Waals surface area contributed by atoms with E-state index in [1.807, 2.05) is 0 Å². The minimum absolute atomic E-state index is 0.00702. The van der Waals surface area contributed by atoms with Crippen LogP contribution in [0.1, 0.15) is 37.5 Å². The second-order valence-corrected chi connectivity index (χ2v) is 8.32. The zero-order valence-electron chi connectivity index (χ0n) is 17.2. The van der Waals surface area contributed by atoms with Crippen molar-refractivity contribution in [2.24, 2.45) is 0 Å². The van der Waals surface area contributed by atoms with E-state index in [1.54, 1.807) is 6.07 Å². The number of nitrogens with zero attached hydrogens (tertiary/aromatic N) is 3. The predicted octanol–water partition coefficient (Wildman–Crippen LogP) is 3.48. The van der Waals surface area contributed by atoms with Gasteiger partial charge in [-0.25, -0.2) is 4.39 Å². The molecule has 8 nitrogen and oxygen atoms in total. The molecule has 1 saturated carbocycles. The smallest absolute Gasteiger partial charge is 0.370 e. The van der Waals surface area contributed by atoms with E-state index >= 15 is 0 Å². The summed E-state index contributed by atoms with van der Waals surface area (Å²) in [4.78, 5) is 13.3. The Hall–Kier alpha value is -2.28. The third-order valence-electron chi connectivity index (χ3n) is 5.42. The molecule has 1 aliphatic carbocycles. The van der Waals surface area contributed by atoms with Crippen LogP contribution >= 0.6 is 11.6 Å². The van der Waals surface area contributed by atoms with E-state index in [0.717, 1.165) is 0 Å². The summed E-state index contributed by atoms with van der Waals surface area (Å²) >= 11 is 5.69. The molecule has 0 bridgehead atoms. The summed E-state index contributed by atoms with van der Waals surface area (Å²) in [6.45, 7) is 0.0130. The Morgan fingerprint density at radius 1 is 1.27 bits per heavy atom. The number of amides is 1. The Kier molecular flexibility index (Phi) is 7.17. The molecule has 2 aliphatic rings. The molecule has 33 heavy (non-hydrogen) atoms. The van der Waals surface area contributed by atoms with E-state index in [2.05, 4.69) is 20.3 Å². The molecule has 2 fully saturated rings. The van der Waals surface area contributed by atoms with Gasteiger partial charge in [0.2, 0.25) is 5.91 Å². The summed E-state index contributed by atoms with van der Waals surface area (Å²) in [7, 11) is 0.